The first-order chi connectivity index (χ1) is 10.7. The number of benzene rings is 1. The van der Waals surface area contributed by atoms with E-state index in [0.29, 0.717) is 12.1 Å². The molecule has 5 heteroatoms. The number of thiophene rings is 1. The molecule has 0 spiro atoms. The smallest absolute Gasteiger partial charge is 0.251 e. The number of pyridine rings is 1. The summed E-state index contributed by atoms with van der Waals surface area (Å²) in [7, 11) is 0. The molecule has 2 aromatic heterocycles. The minimum absolute atomic E-state index is 0.236. The van der Waals surface area contributed by atoms with Gasteiger partial charge in [-0.2, -0.15) is 11.3 Å². The summed E-state index contributed by atoms with van der Waals surface area (Å²) >= 11 is 1.60. The second-order valence-electron chi connectivity index (χ2n) is 4.71. The number of rotatable bonds is 4. The first-order valence-electron chi connectivity index (χ1n) is 6.74. The molecule has 1 amide bonds. The summed E-state index contributed by atoms with van der Waals surface area (Å²) in [6.45, 7) is 0.370. The minimum Gasteiger partial charge on any atom is -0.348 e. The van der Waals surface area contributed by atoms with E-state index in [9.17, 15) is 9.18 Å². The maximum Gasteiger partial charge on any atom is 0.251 e. The molecule has 3 rings (SSSR count). The van der Waals surface area contributed by atoms with Gasteiger partial charge in [0, 0.05) is 29.2 Å². The van der Waals surface area contributed by atoms with Crippen LogP contribution in [0.5, 0.6) is 0 Å². The van der Waals surface area contributed by atoms with E-state index in [1.54, 1.807) is 17.5 Å². The van der Waals surface area contributed by atoms with Crippen LogP contribution in [0.25, 0.3) is 11.3 Å². The minimum atomic E-state index is -0.358. The van der Waals surface area contributed by atoms with Gasteiger partial charge in [0.2, 0.25) is 0 Å². The van der Waals surface area contributed by atoms with Crippen LogP contribution in [0, 0.1) is 5.82 Å². The molecule has 0 bridgehead atoms. The zero-order chi connectivity index (χ0) is 15.4. The second-order valence-corrected chi connectivity index (χ2v) is 5.49. The third kappa shape index (κ3) is 3.20. The number of hydrogen-bond donors (Lipinski definition) is 1. The van der Waals surface area contributed by atoms with Gasteiger partial charge in [-0.05, 0) is 47.3 Å². The summed E-state index contributed by atoms with van der Waals surface area (Å²) in [6.07, 6.45) is 1.73. The van der Waals surface area contributed by atoms with Crippen molar-refractivity contribution in [2.45, 2.75) is 6.54 Å². The Morgan fingerprint density at radius 2 is 2.00 bits per heavy atom. The molecule has 0 saturated heterocycles. The molecule has 0 fully saturated rings. The van der Waals surface area contributed by atoms with Crippen molar-refractivity contribution < 1.29 is 9.18 Å². The predicted molar refractivity (Wildman–Crippen MR) is 85.1 cm³/mol. The Kier molecular flexibility index (Phi) is 4.25. The number of halogens is 1. The Bertz CT molecular complexity index is 770. The monoisotopic (exact) mass is 312 g/mol. The lowest BCUT2D eigenvalue weighted by Crippen LogP contribution is -2.23. The highest BCUT2D eigenvalue weighted by atomic mass is 32.1. The maximum absolute atomic E-state index is 12.9. The fraction of sp³-hybridized carbons (Fsp3) is 0.0588. The molecule has 0 unspecified atom stereocenters. The highest BCUT2D eigenvalue weighted by Gasteiger charge is 2.09. The molecule has 3 nitrogen and oxygen atoms in total. The molecule has 0 aliphatic heterocycles. The summed E-state index contributed by atoms with van der Waals surface area (Å²) in [5.41, 5.74) is 3.28. The van der Waals surface area contributed by atoms with Crippen LogP contribution in [0.15, 0.2) is 59.4 Å². The van der Waals surface area contributed by atoms with Crippen molar-refractivity contribution in [2.75, 3.05) is 0 Å². The SMILES string of the molecule is O=C(NCc1cccnc1-c1ccsc1)c1ccc(F)cc1. The number of hydrogen-bond acceptors (Lipinski definition) is 3. The van der Waals surface area contributed by atoms with Crippen molar-refractivity contribution in [1.82, 2.24) is 10.3 Å². The van der Waals surface area contributed by atoms with Crippen LogP contribution in [0.1, 0.15) is 15.9 Å². The van der Waals surface area contributed by atoms with E-state index < -0.39 is 0 Å². The number of carbonyl (C=O) groups excluding carboxylic acids is 1. The third-order valence-electron chi connectivity index (χ3n) is 3.23. The molecular formula is C17H13FN2OS. The van der Waals surface area contributed by atoms with Crippen LogP contribution >= 0.6 is 11.3 Å². The summed E-state index contributed by atoms with van der Waals surface area (Å²) < 4.78 is 12.9. The molecule has 0 atom stereocenters. The van der Waals surface area contributed by atoms with Crippen molar-refractivity contribution in [3.63, 3.8) is 0 Å². The topological polar surface area (TPSA) is 42.0 Å². The van der Waals surface area contributed by atoms with Crippen LogP contribution in [0.4, 0.5) is 4.39 Å². The van der Waals surface area contributed by atoms with E-state index in [-0.39, 0.29) is 11.7 Å². The Morgan fingerprint density at radius 3 is 2.73 bits per heavy atom. The Morgan fingerprint density at radius 1 is 1.18 bits per heavy atom. The van der Waals surface area contributed by atoms with Gasteiger partial charge in [-0.1, -0.05) is 6.07 Å². The molecule has 3 aromatic rings. The van der Waals surface area contributed by atoms with Crippen molar-refractivity contribution in [1.29, 1.82) is 0 Å². The second kappa shape index (κ2) is 6.49. The van der Waals surface area contributed by atoms with E-state index in [2.05, 4.69) is 10.3 Å². The van der Waals surface area contributed by atoms with E-state index in [1.165, 1.54) is 24.3 Å². The highest BCUT2D eigenvalue weighted by Crippen LogP contribution is 2.23. The average molecular weight is 312 g/mol. The largest absolute Gasteiger partial charge is 0.348 e. The van der Waals surface area contributed by atoms with Gasteiger partial charge in [0.1, 0.15) is 5.82 Å². The molecule has 1 N–H and O–H groups in total. The van der Waals surface area contributed by atoms with Gasteiger partial charge in [0.05, 0.1) is 5.69 Å². The summed E-state index contributed by atoms with van der Waals surface area (Å²) in [4.78, 5) is 16.5. The van der Waals surface area contributed by atoms with Gasteiger partial charge in [-0.3, -0.25) is 9.78 Å². The first kappa shape index (κ1) is 14.4. The quantitative estimate of drug-likeness (QED) is 0.794. The molecule has 22 heavy (non-hydrogen) atoms. The first-order valence-corrected chi connectivity index (χ1v) is 7.68. The number of nitrogens with one attached hydrogen (secondary N) is 1. The average Bonchev–Trinajstić information content (AvgIpc) is 3.08. The van der Waals surface area contributed by atoms with E-state index in [4.69, 9.17) is 0 Å². The van der Waals surface area contributed by atoms with Crippen molar-refractivity contribution >= 4 is 17.2 Å². The lowest BCUT2D eigenvalue weighted by molar-refractivity contribution is 0.0951. The summed E-state index contributed by atoms with van der Waals surface area (Å²) in [5, 5.41) is 6.85. The normalized spacial score (nSPS) is 10.4. The maximum atomic E-state index is 12.9. The van der Waals surface area contributed by atoms with Crippen LogP contribution in [-0.2, 0) is 6.54 Å². The summed E-state index contributed by atoms with van der Waals surface area (Å²) in [6, 6.07) is 11.3. The molecule has 110 valence electrons. The lowest BCUT2D eigenvalue weighted by atomic mass is 10.1. The molecule has 2 heterocycles. The zero-order valence-electron chi connectivity index (χ0n) is 11.6. The molecule has 0 aliphatic rings. The number of aromatic nitrogens is 1. The van der Waals surface area contributed by atoms with Crippen molar-refractivity contribution in [3.8, 4) is 11.3 Å². The number of nitrogens with zero attached hydrogens (tertiary/aromatic N) is 1. The Labute approximate surface area is 131 Å². The van der Waals surface area contributed by atoms with Gasteiger partial charge in [0.15, 0.2) is 0 Å². The molecular weight excluding hydrogens is 299 g/mol. The third-order valence-corrected chi connectivity index (χ3v) is 3.91. The predicted octanol–water partition coefficient (Wildman–Crippen LogP) is 3.88. The van der Waals surface area contributed by atoms with Gasteiger partial charge in [0.25, 0.3) is 5.91 Å². The molecule has 0 radical (unpaired) electrons. The van der Waals surface area contributed by atoms with Crippen molar-refractivity contribution in [2.24, 2.45) is 0 Å². The van der Waals surface area contributed by atoms with E-state index >= 15 is 0 Å². The van der Waals surface area contributed by atoms with Gasteiger partial charge >= 0.3 is 0 Å². The van der Waals surface area contributed by atoms with Gasteiger partial charge in [-0.25, -0.2) is 4.39 Å². The molecule has 0 aliphatic carbocycles. The van der Waals surface area contributed by atoms with Gasteiger partial charge in [-0.15, -0.1) is 0 Å². The van der Waals surface area contributed by atoms with E-state index in [1.807, 2.05) is 29.0 Å². The lowest BCUT2D eigenvalue weighted by Gasteiger charge is -2.09. The number of amides is 1. The number of carbonyl (C=O) groups is 1. The summed E-state index contributed by atoms with van der Waals surface area (Å²) in [5.74, 6) is -0.594. The van der Waals surface area contributed by atoms with Crippen molar-refractivity contribution in [3.05, 3.63) is 76.4 Å². The van der Waals surface area contributed by atoms with E-state index in [0.717, 1.165) is 16.8 Å². The van der Waals surface area contributed by atoms with Crippen LogP contribution in [0.3, 0.4) is 0 Å². The molecule has 0 saturated carbocycles. The fourth-order valence-electron chi connectivity index (χ4n) is 2.12. The van der Waals surface area contributed by atoms with Crippen LogP contribution in [-0.4, -0.2) is 10.9 Å². The van der Waals surface area contributed by atoms with Crippen LogP contribution in [0.2, 0.25) is 0 Å². The van der Waals surface area contributed by atoms with Gasteiger partial charge < -0.3 is 5.32 Å². The zero-order valence-corrected chi connectivity index (χ0v) is 12.4. The van der Waals surface area contributed by atoms with Crippen LogP contribution < -0.4 is 5.32 Å². The fourth-order valence-corrected chi connectivity index (χ4v) is 2.76. The Hall–Kier alpha value is -2.53. The molecule has 1 aromatic carbocycles. The standard InChI is InChI=1S/C17H13FN2OS/c18-15-5-3-12(4-6-15)17(21)20-10-13-2-1-8-19-16(13)14-7-9-22-11-14/h1-9,11H,10H2,(H,20,21). The highest BCUT2D eigenvalue weighted by molar-refractivity contribution is 7.08. The Balaban J connectivity index is 1.74.